The number of anilines is 2. The van der Waals surface area contributed by atoms with Gasteiger partial charge in [-0.05, 0) is 48.5 Å². The Labute approximate surface area is 186 Å². The van der Waals surface area contributed by atoms with Gasteiger partial charge in [0.1, 0.15) is 0 Å². The van der Waals surface area contributed by atoms with Crippen molar-refractivity contribution in [2.24, 2.45) is 0 Å². The topological polar surface area (TPSA) is 81.1 Å². The quantitative estimate of drug-likeness (QED) is 0.336. The van der Waals surface area contributed by atoms with Crippen LogP contribution in [0.1, 0.15) is 20.7 Å². The van der Waals surface area contributed by atoms with Gasteiger partial charge in [0.15, 0.2) is 0 Å². The molecule has 2 N–H and O–H groups in total. The second-order valence-electron chi connectivity index (χ2n) is 6.64. The molecule has 0 spiro atoms. The maximum Gasteiger partial charge on any atom is 0.281 e. The van der Waals surface area contributed by atoms with E-state index in [0.29, 0.717) is 32.6 Å². The van der Waals surface area contributed by atoms with Gasteiger partial charge < -0.3 is 0 Å². The molecule has 0 aromatic heterocycles. The van der Waals surface area contributed by atoms with E-state index in [0.717, 1.165) is 0 Å². The minimum atomic E-state index is -0.438. The molecule has 0 aliphatic heterocycles. The van der Waals surface area contributed by atoms with Crippen molar-refractivity contribution in [1.29, 1.82) is 0 Å². The van der Waals surface area contributed by atoms with Gasteiger partial charge in [0.25, 0.3) is 11.8 Å². The third kappa shape index (κ3) is 5.89. The first kappa shape index (κ1) is 22.4. The lowest BCUT2D eigenvalue weighted by molar-refractivity contribution is 0.0850. The summed E-state index contributed by atoms with van der Waals surface area (Å²) in [5.41, 5.74) is 1.82. The van der Waals surface area contributed by atoms with Crippen LogP contribution in [0, 0.1) is 0 Å². The Balaban J connectivity index is 0.000000181. The lowest BCUT2D eigenvalue weighted by Crippen LogP contribution is -2.26. The van der Waals surface area contributed by atoms with Gasteiger partial charge >= 0.3 is 0 Å². The third-order valence-electron chi connectivity index (χ3n) is 4.43. The number of nitrogens with zero attached hydrogens (tertiary/aromatic N) is 2. The minimum Gasteiger partial charge on any atom is -0.281 e. The standard InChI is InChI=1S/2C13H11NO2/c2*15-13(11-7-3-1-4-8-11)14(16)12-9-5-2-6-10-12/h2*1-10,16H. The van der Waals surface area contributed by atoms with E-state index in [2.05, 4.69) is 0 Å². The van der Waals surface area contributed by atoms with Crippen LogP contribution in [0.3, 0.4) is 0 Å². The molecule has 4 aromatic carbocycles. The molecule has 2 amide bonds. The number of carbonyl (C=O) groups is 2. The Morgan fingerprint density at radius 3 is 0.969 bits per heavy atom. The zero-order valence-electron chi connectivity index (χ0n) is 17.2. The molecule has 0 heterocycles. The first-order valence-corrected chi connectivity index (χ1v) is 9.85. The highest BCUT2D eigenvalue weighted by atomic mass is 16.5. The van der Waals surface area contributed by atoms with Gasteiger partial charge in [-0.15, -0.1) is 0 Å². The van der Waals surface area contributed by atoms with Gasteiger partial charge in [-0.1, -0.05) is 72.8 Å². The lowest BCUT2D eigenvalue weighted by Gasteiger charge is -2.14. The molecule has 0 radical (unpaired) electrons. The van der Waals surface area contributed by atoms with Gasteiger partial charge in [0.2, 0.25) is 0 Å². The van der Waals surface area contributed by atoms with Crippen molar-refractivity contribution in [2.75, 3.05) is 10.1 Å². The number of carbonyl (C=O) groups excluding carboxylic acids is 2. The number of rotatable bonds is 4. The fourth-order valence-corrected chi connectivity index (χ4v) is 2.78. The van der Waals surface area contributed by atoms with Gasteiger partial charge in [0, 0.05) is 11.1 Å². The number of amides is 2. The van der Waals surface area contributed by atoms with Crippen LogP contribution in [0.2, 0.25) is 0 Å². The fraction of sp³-hybridized carbons (Fsp3) is 0. The Hall–Kier alpha value is -4.26. The molecule has 0 saturated carbocycles. The van der Waals surface area contributed by atoms with Crippen molar-refractivity contribution in [2.45, 2.75) is 0 Å². The maximum atomic E-state index is 11.8. The molecule has 4 aromatic rings. The Kier molecular flexibility index (Phi) is 7.86. The summed E-state index contributed by atoms with van der Waals surface area (Å²) in [6.45, 7) is 0. The van der Waals surface area contributed by atoms with Crippen molar-refractivity contribution in [3.8, 4) is 0 Å². The molecule has 6 heteroatoms. The first-order valence-electron chi connectivity index (χ1n) is 9.85. The van der Waals surface area contributed by atoms with Crippen LogP contribution >= 0.6 is 0 Å². The zero-order chi connectivity index (χ0) is 22.8. The van der Waals surface area contributed by atoms with Gasteiger partial charge in [-0.2, -0.15) is 10.1 Å². The average Bonchev–Trinajstić information content (AvgIpc) is 2.89. The second-order valence-corrected chi connectivity index (χ2v) is 6.64. The van der Waals surface area contributed by atoms with Crippen LogP contribution in [0.25, 0.3) is 0 Å². The molecule has 160 valence electrons. The van der Waals surface area contributed by atoms with Crippen molar-refractivity contribution in [1.82, 2.24) is 0 Å². The normalized spacial score (nSPS) is 9.81. The molecule has 0 bridgehead atoms. The van der Waals surface area contributed by atoms with E-state index in [1.165, 1.54) is 0 Å². The van der Waals surface area contributed by atoms with Crippen LogP contribution < -0.4 is 10.1 Å². The zero-order valence-corrected chi connectivity index (χ0v) is 17.2. The van der Waals surface area contributed by atoms with Crippen LogP contribution in [-0.4, -0.2) is 22.2 Å². The summed E-state index contributed by atoms with van der Waals surface area (Å²) in [6.07, 6.45) is 0. The van der Waals surface area contributed by atoms with Crippen LogP contribution in [0.5, 0.6) is 0 Å². The highest BCUT2D eigenvalue weighted by molar-refractivity contribution is 6.04. The van der Waals surface area contributed by atoms with E-state index in [-0.39, 0.29) is 0 Å². The predicted molar refractivity (Wildman–Crippen MR) is 123 cm³/mol. The average molecular weight is 426 g/mol. The number of benzene rings is 4. The van der Waals surface area contributed by atoms with Gasteiger partial charge in [-0.25, -0.2) is 0 Å². The number of hydroxylamine groups is 2. The number of para-hydroxylation sites is 2. The summed E-state index contributed by atoms with van der Waals surface area (Å²) < 4.78 is 0. The van der Waals surface area contributed by atoms with E-state index in [1.807, 2.05) is 24.3 Å². The largest absolute Gasteiger partial charge is 0.281 e. The Morgan fingerprint density at radius 2 is 0.688 bits per heavy atom. The molecular formula is C26H22N2O4. The first-order chi connectivity index (χ1) is 15.6. The summed E-state index contributed by atoms with van der Waals surface area (Å²) in [4.78, 5) is 23.6. The molecular weight excluding hydrogens is 404 g/mol. The molecule has 0 unspecified atom stereocenters. The molecule has 0 atom stereocenters. The monoisotopic (exact) mass is 426 g/mol. The van der Waals surface area contributed by atoms with Gasteiger partial charge in [-0.3, -0.25) is 20.0 Å². The molecule has 4 rings (SSSR count). The molecule has 32 heavy (non-hydrogen) atoms. The third-order valence-corrected chi connectivity index (χ3v) is 4.43. The van der Waals surface area contributed by atoms with E-state index >= 15 is 0 Å². The second kappa shape index (κ2) is 11.2. The van der Waals surface area contributed by atoms with Crippen molar-refractivity contribution >= 4 is 23.2 Å². The molecule has 0 saturated heterocycles. The van der Waals surface area contributed by atoms with Crippen molar-refractivity contribution in [3.63, 3.8) is 0 Å². The van der Waals surface area contributed by atoms with Crippen molar-refractivity contribution in [3.05, 3.63) is 132 Å². The van der Waals surface area contributed by atoms with E-state index in [4.69, 9.17) is 0 Å². The van der Waals surface area contributed by atoms with E-state index in [9.17, 15) is 20.0 Å². The van der Waals surface area contributed by atoms with E-state index < -0.39 is 11.8 Å². The number of hydrogen-bond donors (Lipinski definition) is 2. The van der Waals surface area contributed by atoms with Crippen LogP contribution in [0.15, 0.2) is 121 Å². The predicted octanol–water partition coefficient (Wildman–Crippen LogP) is 5.45. The lowest BCUT2D eigenvalue weighted by atomic mass is 10.2. The highest BCUT2D eigenvalue weighted by Gasteiger charge is 2.15. The van der Waals surface area contributed by atoms with Gasteiger partial charge in [0.05, 0.1) is 11.4 Å². The smallest absolute Gasteiger partial charge is 0.281 e. The summed E-state index contributed by atoms with van der Waals surface area (Å²) in [5.74, 6) is -0.876. The van der Waals surface area contributed by atoms with E-state index in [1.54, 1.807) is 97.1 Å². The summed E-state index contributed by atoms with van der Waals surface area (Å²) in [5, 5.41) is 20.7. The number of hydrogen-bond acceptors (Lipinski definition) is 4. The van der Waals surface area contributed by atoms with Crippen molar-refractivity contribution < 1.29 is 20.0 Å². The van der Waals surface area contributed by atoms with Crippen LogP contribution in [0.4, 0.5) is 11.4 Å². The van der Waals surface area contributed by atoms with Crippen LogP contribution in [-0.2, 0) is 0 Å². The Morgan fingerprint density at radius 1 is 0.438 bits per heavy atom. The highest BCUT2D eigenvalue weighted by Crippen LogP contribution is 2.15. The maximum absolute atomic E-state index is 11.8. The molecule has 6 nitrogen and oxygen atoms in total. The SMILES string of the molecule is O=C(c1ccccc1)N(O)c1ccccc1.O=C(c1ccccc1)N(O)c1ccccc1. The Bertz CT molecular complexity index is 1030. The summed E-state index contributed by atoms with van der Waals surface area (Å²) in [6, 6.07) is 34.7. The fourth-order valence-electron chi connectivity index (χ4n) is 2.78. The molecule has 0 aliphatic rings. The molecule has 0 fully saturated rings. The minimum absolute atomic E-state index is 0.438. The summed E-state index contributed by atoms with van der Waals surface area (Å²) >= 11 is 0. The summed E-state index contributed by atoms with van der Waals surface area (Å²) in [7, 11) is 0. The molecule has 0 aliphatic carbocycles.